The Morgan fingerprint density at radius 3 is 2.88 bits per heavy atom. The van der Waals surface area contributed by atoms with Gasteiger partial charge < -0.3 is 14.2 Å². The quantitative estimate of drug-likeness (QED) is 0.780. The van der Waals surface area contributed by atoms with Gasteiger partial charge in [0.1, 0.15) is 24.0 Å². The highest BCUT2D eigenvalue weighted by atomic mass is 16.6. The standard InChI is InChI=1S/C19H24N2O4/c1-19(2,3)25-18(22)21-10-12-24-17-14(13-20)7-5-8-15(17)16(21)9-6-11-23-4/h5-8,11,16H,9-10,12H2,1-4H3/b11-6+. The molecule has 0 bridgehead atoms. The lowest BCUT2D eigenvalue weighted by molar-refractivity contribution is 0.0152. The number of hydrogen-bond donors (Lipinski definition) is 0. The van der Waals surface area contributed by atoms with Gasteiger partial charge in [0.15, 0.2) is 0 Å². The zero-order valence-corrected chi connectivity index (χ0v) is 15.1. The molecule has 6 nitrogen and oxygen atoms in total. The van der Waals surface area contributed by atoms with Crippen molar-refractivity contribution in [2.24, 2.45) is 0 Å². The van der Waals surface area contributed by atoms with Crippen molar-refractivity contribution in [1.29, 1.82) is 5.26 Å². The number of rotatable bonds is 3. The van der Waals surface area contributed by atoms with E-state index in [0.717, 1.165) is 5.56 Å². The van der Waals surface area contributed by atoms with Gasteiger partial charge in [-0.2, -0.15) is 5.26 Å². The lowest BCUT2D eigenvalue weighted by Crippen LogP contribution is -2.40. The van der Waals surface area contributed by atoms with E-state index in [0.29, 0.717) is 30.9 Å². The first kappa shape index (κ1) is 18.7. The molecule has 1 aromatic rings. The summed E-state index contributed by atoms with van der Waals surface area (Å²) in [5.41, 5.74) is 0.668. The summed E-state index contributed by atoms with van der Waals surface area (Å²) in [6.07, 6.45) is 3.54. The van der Waals surface area contributed by atoms with Crippen molar-refractivity contribution in [3.05, 3.63) is 41.7 Å². The smallest absolute Gasteiger partial charge is 0.410 e. The van der Waals surface area contributed by atoms with Gasteiger partial charge in [-0.15, -0.1) is 0 Å². The average Bonchev–Trinajstić information content (AvgIpc) is 2.73. The predicted octanol–water partition coefficient (Wildman–Crippen LogP) is 3.78. The van der Waals surface area contributed by atoms with Gasteiger partial charge in [0.2, 0.25) is 0 Å². The average molecular weight is 344 g/mol. The highest BCUT2D eigenvalue weighted by Crippen LogP contribution is 2.37. The monoisotopic (exact) mass is 344 g/mol. The molecule has 25 heavy (non-hydrogen) atoms. The van der Waals surface area contributed by atoms with E-state index in [9.17, 15) is 10.1 Å². The van der Waals surface area contributed by atoms with Gasteiger partial charge >= 0.3 is 6.09 Å². The Morgan fingerprint density at radius 2 is 2.24 bits per heavy atom. The van der Waals surface area contributed by atoms with Gasteiger partial charge in [0.25, 0.3) is 0 Å². The van der Waals surface area contributed by atoms with E-state index in [4.69, 9.17) is 14.2 Å². The second kappa shape index (κ2) is 7.93. The van der Waals surface area contributed by atoms with Crippen LogP contribution >= 0.6 is 0 Å². The van der Waals surface area contributed by atoms with Gasteiger partial charge in [0, 0.05) is 5.56 Å². The third kappa shape index (κ3) is 4.66. The molecular weight excluding hydrogens is 320 g/mol. The fourth-order valence-electron chi connectivity index (χ4n) is 2.71. The van der Waals surface area contributed by atoms with Crippen molar-refractivity contribution in [2.45, 2.75) is 38.8 Å². The summed E-state index contributed by atoms with van der Waals surface area (Å²) < 4.78 is 16.3. The number of methoxy groups -OCH3 is 1. The Morgan fingerprint density at radius 1 is 1.48 bits per heavy atom. The number of hydrogen-bond acceptors (Lipinski definition) is 5. The van der Waals surface area contributed by atoms with Crippen LogP contribution < -0.4 is 4.74 Å². The van der Waals surface area contributed by atoms with E-state index in [2.05, 4.69) is 6.07 Å². The molecule has 1 aromatic carbocycles. The van der Waals surface area contributed by atoms with Crippen LogP contribution in [0.2, 0.25) is 0 Å². The van der Waals surface area contributed by atoms with Crippen molar-refractivity contribution in [3.63, 3.8) is 0 Å². The van der Waals surface area contributed by atoms with Crippen LogP contribution in [0.4, 0.5) is 4.79 Å². The van der Waals surface area contributed by atoms with E-state index < -0.39 is 11.7 Å². The molecule has 1 aliphatic rings. The first-order valence-corrected chi connectivity index (χ1v) is 8.20. The Kier molecular flexibility index (Phi) is 5.92. The largest absolute Gasteiger partial charge is 0.505 e. The molecule has 134 valence electrons. The van der Waals surface area contributed by atoms with Gasteiger partial charge in [0.05, 0.1) is 31.5 Å². The number of amides is 1. The van der Waals surface area contributed by atoms with Gasteiger partial charge in [-0.25, -0.2) is 4.79 Å². The van der Waals surface area contributed by atoms with E-state index in [1.807, 2.05) is 32.9 Å². The van der Waals surface area contributed by atoms with Crippen LogP contribution in [-0.2, 0) is 9.47 Å². The lowest BCUT2D eigenvalue weighted by atomic mass is 9.99. The van der Waals surface area contributed by atoms with Gasteiger partial charge in [-0.05, 0) is 39.3 Å². The van der Waals surface area contributed by atoms with E-state index in [1.54, 1.807) is 30.4 Å². The molecule has 1 amide bonds. The molecule has 0 fully saturated rings. The minimum atomic E-state index is -0.589. The Labute approximate surface area is 148 Å². The molecule has 6 heteroatoms. The molecule has 0 saturated carbocycles. The number of nitriles is 1. The minimum absolute atomic E-state index is 0.299. The van der Waals surface area contributed by atoms with Gasteiger partial charge in [-0.3, -0.25) is 4.90 Å². The fraction of sp³-hybridized carbons (Fsp3) is 0.474. The lowest BCUT2D eigenvalue weighted by Gasteiger charge is -2.31. The second-order valence-electron chi connectivity index (χ2n) is 6.72. The van der Waals surface area contributed by atoms with Crippen molar-refractivity contribution in [3.8, 4) is 11.8 Å². The molecule has 0 N–H and O–H groups in total. The normalized spacial score (nSPS) is 17.2. The maximum Gasteiger partial charge on any atom is 0.410 e. The molecule has 1 aliphatic heterocycles. The van der Waals surface area contributed by atoms with Crippen molar-refractivity contribution in [2.75, 3.05) is 20.3 Å². The van der Waals surface area contributed by atoms with Crippen LogP contribution in [0.3, 0.4) is 0 Å². The molecule has 1 unspecified atom stereocenters. The molecule has 0 aromatic heterocycles. The van der Waals surface area contributed by atoms with Crippen LogP contribution in [0.25, 0.3) is 0 Å². The third-order valence-electron chi connectivity index (χ3n) is 3.70. The zero-order valence-electron chi connectivity index (χ0n) is 15.1. The first-order chi connectivity index (χ1) is 11.9. The summed E-state index contributed by atoms with van der Waals surface area (Å²) in [5.74, 6) is 0.534. The summed E-state index contributed by atoms with van der Waals surface area (Å²) in [4.78, 5) is 14.4. The fourth-order valence-corrected chi connectivity index (χ4v) is 2.71. The maximum absolute atomic E-state index is 12.7. The van der Waals surface area contributed by atoms with Crippen LogP contribution in [0.15, 0.2) is 30.5 Å². The summed E-state index contributed by atoms with van der Waals surface area (Å²) in [6.45, 7) is 6.18. The molecule has 0 spiro atoms. The van der Waals surface area contributed by atoms with Crippen LogP contribution in [-0.4, -0.2) is 36.9 Å². The zero-order chi connectivity index (χ0) is 18.4. The predicted molar refractivity (Wildman–Crippen MR) is 93.1 cm³/mol. The second-order valence-corrected chi connectivity index (χ2v) is 6.72. The molecule has 2 rings (SSSR count). The summed E-state index contributed by atoms with van der Waals surface area (Å²) in [5, 5.41) is 9.34. The van der Waals surface area contributed by atoms with Crippen LogP contribution in [0, 0.1) is 11.3 Å². The topological polar surface area (TPSA) is 71.8 Å². The highest BCUT2D eigenvalue weighted by molar-refractivity contribution is 5.69. The summed E-state index contributed by atoms with van der Waals surface area (Å²) in [6, 6.07) is 7.24. The molecular formula is C19H24N2O4. The Balaban J connectivity index is 2.43. The summed E-state index contributed by atoms with van der Waals surface area (Å²) in [7, 11) is 1.57. The van der Waals surface area contributed by atoms with Crippen LogP contribution in [0.1, 0.15) is 44.4 Å². The molecule has 1 heterocycles. The molecule has 1 atom stereocenters. The summed E-state index contributed by atoms with van der Waals surface area (Å²) >= 11 is 0. The minimum Gasteiger partial charge on any atom is -0.505 e. The number of nitrogens with zero attached hydrogens (tertiary/aromatic N) is 2. The Bertz CT molecular complexity index is 686. The number of carbonyl (C=O) groups excluding carboxylic acids is 1. The van der Waals surface area contributed by atoms with Crippen molar-refractivity contribution < 1.29 is 19.0 Å². The third-order valence-corrected chi connectivity index (χ3v) is 3.70. The molecule has 0 saturated heterocycles. The number of benzene rings is 1. The molecule has 0 aliphatic carbocycles. The van der Waals surface area contributed by atoms with Crippen molar-refractivity contribution >= 4 is 6.09 Å². The number of ether oxygens (including phenoxy) is 3. The number of fused-ring (bicyclic) bond motifs is 1. The Hall–Kier alpha value is -2.68. The van der Waals surface area contributed by atoms with E-state index in [1.165, 1.54) is 0 Å². The first-order valence-electron chi connectivity index (χ1n) is 8.20. The van der Waals surface area contributed by atoms with Crippen LogP contribution in [0.5, 0.6) is 5.75 Å². The van der Waals surface area contributed by atoms with Gasteiger partial charge in [-0.1, -0.05) is 12.1 Å². The highest BCUT2D eigenvalue weighted by Gasteiger charge is 2.33. The van der Waals surface area contributed by atoms with Crippen molar-refractivity contribution in [1.82, 2.24) is 4.90 Å². The molecule has 0 radical (unpaired) electrons. The maximum atomic E-state index is 12.7. The number of para-hydroxylation sites is 1. The SMILES string of the molecule is CO/C=C/CC1c2cccc(C#N)c2OCCN1C(=O)OC(C)(C)C. The number of carbonyl (C=O) groups is 1. The van der Waals surface area contributed by atoms with E-state index in [-0.39, 0.29) is 6.04 Å². The van der Waals surface area contributed by atoms with E-state index >= 15 is 0 Å².